The SMILES string of the molecule is COc1cccc([C@H]2C3=C(CC(C)(C)CC3=O)Nc3nc(SCC(=O)c4ccc(F)cc4)nn32)c1OC. The molecule has 3 aromatic rings. The van der Waals surface area contributed by atoms with E-state index in [4.69, 9.17) is 14.6 Å². The van der Waals surface area contributed by atoms with Crippen LogP contribution < -0.4 is 14.8 Å². The number of halogens is 1. The minimum absolute atomic E-state index is 0.0375. The minimum Gasteiger partial charge on any atom is -0.493 e. The molecule has 8 nitrogen and oxygen atoms in total. The van der Waals surface area contributed by atoms with E-state index in [2.05, 4.69) is 24.1 Å². The van der Waals surface area contributed by atoms with Gasteiger partial charge in [-0.2, -0.15) is 4.98 Å². The highest BCUT2D eigenvalue weighted by Gasteiger charge is 2.43. The Morgan fingerprint density at radius 3 is 2.62 bits per heavy atom. The molecule has 0 fully saturated rings. The summed E-state index contributed by atoms with van der Waals surface area (Å²) < 4.78 is 26.1. The van der Waals surface area contributed by atoms with Crippen LogP contribution in [0.1, 0.15) is 48.7 Å². The van der Waals surface area contributed by atoms with Crippen LogP contribution in [-0.2, 0) is 4.79 Å². The Balaban J connectivity index is 1.53. The molecule has 2 heterocycles. The van der Waals surface area contributed by atoms with Crippen LogP contribution in [-0.4, -0.2) is 46.3 Å². The molecule has 1 atom stereocenters. The number of rotatable bonds is 7. The number of para-hydroxylation sites is 1. The van der Waals surface area contributed by atoms with Gasteiger partial charge in [0.25, 0.3) is 0 Å². The third-order valence-corrected chi connectivity index (χ3v) is 7.38. The predicted molar refractivity (Wildman–Crippen MR) is 138 cm³/mol. The fourth-order valence-corrected chi connectivity index (χ4v) is 5.64. The lowest BCUT2D eigenvalue weighted by molar-refractivity contribution is -0.118. The predicted octanol–water partition coefficient (Wildman–Crippen LogP) is 5.07. The van der Waals surface area contributed by atoms with Gasteiger partial charge in [-0.05, 0) is 42.2 Å². The molecule has 0 amide bonds. The fraction of sp³-hybridized carbons (Fsp3) is 0.333. The Hall–Kier alpha value is -3.66. The van der Waals surface area contributed by atoms with E-state index in [1.807, 2.05) is 12.1 Å². The topological polar surface area (TPSA) is 95.3 Å². The van der Waals surface area contributed by atoms with E-state index >= 15 is 0 Å². The quantitative estimate of drug-likeness (QED) is 0.340. The van der Waals surface area contributed by atoms with Crippen molar-refractivity contribution in [3.05, 3.63) is 70.7 Å². The molecule has 0 spiro atoms. The van der Waals surface area contributed by atoms with Crippen molar-refractivity contribution in [2.24, 2.45) is 5.41 Å². The number of fused-ring (bicyclic) bond motifs is 1. The van der Waals surface area contributed by atoms with Gasteiger partial charge < -0.3 is 14.8 Å². The van der Waals surface area contributed by atoms with Gasteiger partial charge >= 0.3 is 0 Å². The van der Waals surface area contributed by atoms with E-state index < -0.39 is 11.9 Å². The number of nitrogens with one attached hydrogen (secondary N) is 1. The molecule has 5 rings (SSSR count). The highest BCUT2D eigenvalue weighted by molar-refractivity contribution is 7.99. The Bertz CT molecular complexity index is 1410. The van der Waals surface area contributed by atoms with Crippen LogP contribution in [0.4, 0.5) is 10.3 Å². The highest BCUT2D eigenvalue weighted by atomic mass is 32.2. The van der Waals surface area contributed by atoms with Crippen LogP contribution in [0.25, 0.3) is 0 Å². The Morgan fingerprint density at radius 1 is 1.16 bits per heavy atom. The molecule has 1 aliphatic carbocycles. The second-order valence-electron chi connectivity index (χ2n) is 9.82. The van der Waals surface area contributed by atoms with Crippen molar-refractivity contribution < 1.29 is 23.5 Å². The zero-order chi connectivity index (χ0) is 26.3. The molecule has 0 radical (unpaired) electrons. The lowest BCUT2D eigenvalue weighted by Gasteiger charge is -2.38. The molecule has 1 aliphatic heterocycles. The molecule has 2 aliphatic rings. The standard InChI is InChI=1S/C27H27FN4O4S/c1-27(2)12-18-22(19(33)13-27)23(17-6-5-7-21(35-3)24(17)36-4)32-25(29-18)30-26(31-32)37-14-20(34)15-8-10-16(28)11-9-15/h5-11,23H,12-14H2,1-4H3,(H,29,30,31)/t23-/m0/s1. The molecule has 0 saturated heterocycles. The van der Waals surface area contributed by atoms with Crippen molar-refractivity contribution in [2.75, 3.05) is 25.3 Å². The number of benzene rings is 2. The first-order valence-electron chi connectivity index (χ1n) is 11.8. The average Bonchev–Trinajstić information content (AvgIpc) is 3.27. The molecule has 2 aromatic carbocycles. The van der Waals surface area contributed by atoms with Crippen LogP contribution in [0.5, 0.6) is 11.5 Å². The van der Waals surface area contributed by atoms with Crippen molar-refractivity contribution in [3.63, 3.8) is 0 Å². The van der Waals surface area contributed by atoms with Gasteiger partial charge in [-0.15, -0.1) is 5.10 Å². The lowest BCUT2D eigenvalue weighted by atomic mass is 9.73. The second kappa shape index (κ2) is 9.66. The van der Waals surface area contributed by atoms with Crippen molar-refractivity contribution >= 4 is 29.3 Å². The van der Waals surface area contributed by atoms with Crippen LogP contribution in [0.15, 0.2) is 58.9 Å². The maximum atomic E-state index is 13.5. The maximum Gasteiger partial charge on any atom is 0.227 e. The molecule has 37 heavy (non-hydrogen) atoms. The molecule has 1 N–H and O–H groups in total. The van der Waals surface area contributed by atoms with Crippen LogP contribution in [0.2, 0.25) is 0 Å². The summed E-state index contributed by atoms with van der Waals surface area (Å²) in [5, 5.41) is 8.41. The van der Waals surface area contributed by atoms with Gasteiger partial charge in [0.1, 0.15) is 11.9 Å². The van der Waals surface area contributed by atoms with Crippen LogP contribution in [0, 0.1) is 11.2 Å². The van der Waals surface area contributed by atoms with Crippen molar-refractivity contribution in [1.29, 1.82) is 0 Å². The number of aromatic nitrogens is 3. The van der Waals surface area contributed by atoms with Crippen LogP contribution >= 0.6 is 11.8 Å². The number of hydrogen-bond acceptors (Lipinski definition) is 8. The first kappa shape index (κ1) is 25.0. The molecule has 1 aromatic heterocycles. The van der Waals surface area contributed by atoms with Gasteiger partial charge in [-0.25, -0.2) is 9.07 Å². The van der Waals surface area contributed by atoms with E-state index in [0.717, 1.165) is 11.3 Å². The number of carbonyl (C=O) groups is 2. The summed E-state index contributed by atoms with van der Waals surface area (Å²) in [5.74, 6) is 1.11. The largest absolute Gasteiger partial charge is 0.493 e. The summed E-state index contributed by atoms with van der Waals surface area (Å²) in [6.45, 7) is 4.14. The van der Waals surface area contributed by atoms with E-state index in [0.29, 0.717) is 46.6 Å². The summed E-state index contributed by atoms with van der Waals surface area (Å²) in [4.78, 5) is 30.8. The highest BCUT2D eigenvalue weighted by Crippen LogP contribution is 2.48. The number of anilines is 1. The van der Waals surface area contributed by atoms with Crippen molar-refractivity contribution in [2.45, 2.75) is 37.9 Å². The number of ether oxygens (including phenoxy) is 2. The Labute approximate surface area is 218 Å². The summed E-state index contributed by atoms with van der Waals surface area (Å²) in [7, 11) is 3.13. The summed E-state index contributed by atoms with van der Waals surface area (Å²) in [6, 6.07) is 10.4. The van der Waals surface area contributed by atoms with Gasteiger partial charge in [0.2, 0.25) is 11.1 Å². The number of carbonyl (C=O) groups excluding carboxylic acids is 2. The molecular formula is C27H27FN4O4S. The van der Waals surface area contributed by atoms with Crippen molar-refractivity contribution in [3.8, 4) is 11.5 Å². The van der Waals surface area contributed by atoms with E-state index in [1.54, 1.807) is 25.0 Å². The zero-order valence-electron chi connectivity index (χ0n) is 21.0. The first-order valence-corrected chi connectivity index (χ1v) is 12.8. The Morgan fingerprint density at radius 2 is 1.92 bits per heavy atom. The summed E-state index contributed by atoms with van der Waals surface area (Å²) >= 11 is 1.18. The molecular weight excluding hydrogens is 495 g/mol. The van der Waals surface area contributed by atoms with Crippen LogP contribution in [0.3, 0.4) is 0 Å². The van der Waals surface area contributed by atoms with Gasteiger partial charge in [0, 0.05) is 28.8 Å². The molecule has 0 saturated carbocycles. The first-order chi connectivity index (χ1) is 17.7. The number of methoxy groups -OCH3 is 2. The zero-order valence-corrected chi connectivity index (χ0v) is 21.8. The maximum absolute atomic E-state index is 13.5. The number of allylic oxidation sites excluding steroid dienone is 2. The minimum atomic E-state index is -0.574. The molecule has 192 valence electrons. The average molecular weight is 523 g/mol. The lowest BCUT2D eigenvalue weighted by Crippen LogP contribution is -2.36. The van der Waals surface area contributed by atoms with E-state index in [-0.39, 0.29) is 22.7 Å². The number of nitrogens with zero attached hydrogens (tertiary/aromatic N) is 3. The fourth-order valence-electron chi connectivity index (χ4n) is 4.91. The summed E-state index contributed by atoms with van der Waals surface area (Å²) in [6.07, 6.45) is 1.09. The van der Waals surface area contributed by atoms with E-state index in [1.165, 1.54) is 36.0 Å². The second-order valence-corrected chi connectivity index (χ2v) is 10.8. The third-order valence-electron chi connectivity index (χ3n) is 6.54. The van der Waals surface area contributed by atoms with E-state index in [9.17, 15) is 14.0 Å². The number of Topliss-reactive ketones (excluding diaryl/α,β-unsaturated/α-hetero) is 2. The normalized spacial score (nSPS) is 18.1. The van der Waals surface area contributed by atoms with Gasteiger partial charge in [0.15, 0.2) is 23.1 Å². The molecule has 10 heteroatoms. The monoisotopic (exact) mass is 522 g/mol. The summed E-state index contributed by atoms with van der Waals surface area (Å²) in [5.41, 5.74) is 2.39. The molecule has 0 unspecified atom stereocenters. The third kappa shape index (κ3) is 4.73. The number of hydrogen-bond donors (Lipinski definition) is 1. The molecule has 0 bridgehead atoms. The smallest absolute Gasteiger partial charge is 0.227 e. The van der Waals surface area contributed by atoms with Gasteiger partial charge in [-0.3, -0.25) is 9.59 Å². The number of thioether (sulfide) groups is 1. The Kier molecular flexibility index (Phi) is 6.53. The number of ketones is 2. The van der Waals surface area contributed by atoms with Gasteiger partial charge in [0.05, 0.1) is 20.0 Å². The van der Waals surface area contributed by atoms with Gasteiger partial charge in [-0.1, -0.05) is 37.7 Å². The van der Waals surface area contributed by atoms with Crippen molar-refractivity contribution in [1.82, 2.24) is 14.8 Å².